The van der Waals surface area contributed by atoms with Crippen molar-refractivity contribution in [3.05, 3.63) is 71.9 Å². The maximum absolute atomic E-state index is 12.3. The lowest BCUT2D eigenvalue weighted by Crippen LogP contribution is -2.53. The summed E-state index contributed by atoms with van der Waals surface area (Å²) in [5.41, 5.74) is 3.10. The van der Waals surface area contributed by atoms with E-state index in [4.69, 9.17) is 4.74 Å². The van der Waals surface area contributed by atoms with Crippen molar-refractivity contribution >= 4 is 26.7 Å². The number of ether oxygens (including phenoxy) is 1. The van der Waals surface area contributed by atoms with Crippen molar-refractivity contribution in [1.29, 1.82) is 5.26 Å². The average Bonchev–Trinajstić information content (AvgIpc) is 2.80. The zero-order chi connectivity index (χ0) is 23.4. The first-order chi connectivity index (χ1) is 15.9. The van der Waals surface area contributed by atoms with Gasteiger partial charge in [0.05, 0.1) is 23.3 Å². The average molecular weight is 466 g/mol. The number of aromatic nitrogens is 1. The van der Waals surface area contributed by atoms with Crippen LogP contribution in [0.15, 0.2) is 60.8 Å². The molecule has 0 amide bonds. The number of rotatable bonds is 7. The maximum atomic E-state index is 12.3. The van der Waals surface area contributed by atoms with Crippen LogP contribution in [0.1, 0.15) is 30.9 Å². The molecule has 3 aromatic rings. The standard InChI is InChI=1S/C25H27N3O4S/c1-18-16-28(22-13-12-20(15-26)25-21(22)10-6-14-27-25)17-23(32-18)24(33(29,30)31)11-5-9-19-7-3-2-4-8-19/h2-4,6-8,10,12-14,18,23-24H,5,9,11,16-17H2,1H3,(H,29,30,31)/t18-,23-,24-/m1/s1. The van der Waals surface area contributed by atoms with Crippen LogP contribution in [0.2, 0.25) is 0 Å². The van der Waals surface area contributed by atoms with E-state index in [-0.39, 0.29) is 6.10 Å². The summed E-state index contributed by atoms with van der Waals surface area (Å²) >= 11 is 0. The van der Waals surface area contributed by atoms with Crippen molar-refractivity contribution < 1.29 is 17.7 Å². The first kappa shape index (κ1) is 23.2. The van der Waals surface area contributed by atoms with Crippen LogP contribution in [-0.4, -0.2) is 48.5 Å². The van der Waals surface area contributed by atoms with Crippen LogP contribution in [0.4, 0.5) is 5.69 Å². The van der Waals surface area contributed by atoms with Crippen molar-refractivity contribution in [2.24, 2.45) is 0 Å². The predicted octanol–water partition coefficient (Wildman–Crippen LogP) is 3.98. The van der Waals surface area contributed by atoms with Gasteiger partial charge < -0.3 is 9.64 Å². The van der Waals surface area contributed by atoms with E-state index < -0.39 is 21.5 Å². The van der Waals surface area contributed by atoms with E-state index in [1.165, 1.54) is 0 Å². The van der Waals surface area contributed by atoms with Crippen molar-refractivity contribution in [3.8, 4) is 6.07 Å². The molecule has 0 radical (unpaired) electrons. The Morgan fingerprint density at radius 1 is 1.18 bits per heavy atom. The quantitative estimate of drug-likeness (QED) is 0.526. The molecule has 2 aromatic carbocycles. The first-order valence-electron chi connectivity index (χ1n) is 11.1. The number of hydrogen-bond acceptors (Lipinski definition) is 6. The Morgan fingerprint density at radius 2 is 1.97 bits per heavy atom. The molecule has 0 bridgehead atoms. The fraction of sp³-hybridized carbons (Fsp3) is 0.360. The molecule has 7 nitrogen and oxygen atoms in total. The van der Waals surface area contributed by atoms with Gasteiger partial charge in [-0.1, -0.05) is 30.3 Å². The van der Waals surface area contributed by atoms with Crippen LogP contribution >= 0.6 is 0 Å². The zero-order valence-electron chi connectivity index (χ0n) is 18.5. The molecular weight excluding hydrogens is 438 g/mol. The molecule has 0 saturated carbocycles. The SMILES string of the molecule is C[C@@H]1CN(c2ccc(C#N)c3ncccc23)C[C@H]([C@@H](CCCc2ccccc2)S(=O)(=O)O)O1. The van der Waals surface area contributed by atoms with E-state index in [9.17, 15) is 18.2 Å². The molecule has 2 heterocycles. The number of aryl methyl sites for hydroxylation is 1. The van der Waals surface area contributed by atoms with Crippen LogP contribution < -0.4 is 4.90 Å². The second-order valence-corrected chi connectivity index (χ2v) is 10.1. The summed E-state index contributed by atoms with van der Waals surface area (Å²) in [4.78, 5) is 6.44. The normalized spacial score (nSPS) is 19.8. The highest BCUT2D eigenvalue weighted by Gasteiger charge is 2.38. The molecule has 1 N–H and O–H groups in total. The van der Waals surface area contributed by atoms with Crippen LogP contribution in [0.25, 0.3) is 10.9 Å². The van der Waals surface area contributed by atoms with Gasteiger partial charge in [0, 0.05) is 30.4 Å². The molecule has 0 unspecified atom stereocenters. The van der Waals surface area contributed by atoms with Gasteiger partial charge in [-0.3, -0.25) is 9.54 Å². The fourth-order valence-electron chi connectivity index (χ4n) is 4.59. The van der Waals surface area contributed by atoms with Crippen LogP contribution in [0, 0.1) is 11.3 Å². The lowest BCUT2D eigenvalue weighted by Gasteiger charge is -2.41. The number of nitrogens with zero attached hydrogens (tertiary/aromatic N) is 3. The molecule has 1 aliphatic rings. The van der Waals surface area contributed by atoms with Gasteiger partial charge in [-0.05, 0) is 56.0 Å². The van der Waals surface area contributed by atoms with Gasteiger partial charge in [-0.25, -0.2) is 0 Å². The van der Waals surface area contributed by atoms with Gasteiger partial charge in [-0.15, -0.1) is 0 Å². The predicted molar refractivity (Wildman–Crippen MR) is 128 cm³/mol. The van der Waals surface area contributed by atoms with E-state index in [0.717, 1.165) is 23.1 Å². The smallest absolute Gasteiger partial charge is 0.270 e. The van der Waals surface area contributed by atoms with E-state index in [0.29, 0.717) is 37.0 Å². The Morgan fingerprint density at radius 3 is 2.70 bits per heavy atom. The molecule has 1 saturated heterocycles. The van der Waals surface area contributed by atoms with Crippen molar-refractivity contribution in [2.45, 2.75) is 43.6 Å². The number of fused-ring (bicyclic) bond motifs is 1. The molecular formula is C25H27N3O4S. The molecule has 0 spiro atoms. The summed E-state index contributed by atoms with van der Waals surface area (Å²) in [7, 11) is -4.31. The second-order valence-electron chi connectivity index (χ2n) is 8.47. The Kier molecular flexibility index (Phi) is 6.94. The van der Waals surface area contributed by atoms with E-state index in [1.54, 1.807) is 12.3 Å². The third kappa shape index (κ3) is 5.33. The minimum atomic E-state index is -4.31. The van der Waals surface area contributed by atoms with E-state index >= 15 is 0 Å². The van der Waals surface area contributed by atoms with Crippen molar-refractivity contribution in [1.82, 2.24) is 4.98 Å². The second kappa shape index (κ2) is 9.87. The third-order valence-electron chi connectivity index (χ3n) is 6.09. The molecule has 1 aliphatic heterocycles. The summed E-state index contributed by atoms with van der Waals surface area (Å²) in [6.45, 7) is 2.78. The highest BCUT2D eigenvalue weighted by molar-refractivity contribution is 7.86. The summed E-state index contributed by atoms with van der Waals surface area (Å²) < 4.78 is 40.7. The molecule has 1 aromatic heterocycles. The van der Waals surface area contributed by atoms with Gasteiger partial charge in [0.25, 0.3) is 10.1 Å². The lowest BCUT2D eigenvalue weighted by molar-refractivity contribution is -0.0195. The third-order valence-corrected chi connectivity index (χ3v) is 7.39. The summed E-state index contributed by atoms with van der Waals surface area (Å²) in [6.07, 6.45) is 2.39. The van der Waals surface area contributed by atoms with E-state index in [2.05, 4.69) is 16.0 Å². The van der Waals surface area contributed by atoms with Crippen molar-refractivity contribution in [3.63, 3.8) is 0 Å². The number of anilines is 1. The minimum absolute atomic E-state index is 0.232. The number of hydrogen-bond donors (Lipinski definition) is 1. The van der Waals surface area contributed by atoms with Crippen LogP contribution in [0.5, 0.6) is 0 Å². The van der Waals surface area contributed by atoms with Gasteiger partial charge in [0.1, 0.15) is 11.3 Å². The Bertz CT molecular complexity index is 1260. The van der Waals surface area contributed by atoms with E-state index in [1.807, 2.05) is 55.5 Å². The summed E-state index contributed by atoms with van der Waals surface area (Å²) in [6, 6.07) is 19.4. The number of benzene rings is 2. The number of pyridine rings is 1. The number of nitriles is 1. The first-order valence-corrected chi connectivity index (χ1v) is 12.6. The molecule has 3 atom stereocenters. The van der Waals surface area contributed by atoms with Gasteiger partial charge in [-0.2, -0.15) is 13.7 Å². The lowest BCUT2D eigenvalue weighted by atomic mass is 10.0. The fourth-order valence-corrected chi connectivity index (χ4v) is 5.59. The van der Waals surface area contributed by atoms with Gasteiger partial charge in [0.15, 0.2) is 0 Å². The highest BCUT2D eigenvalue weighted by atomic mass is 32.2. The minimum Gasteiger partial charge on any atom is -0.370 e. The maximum Gasteiger partial charge on any atom is 0.270 e. The molecule has 0 aliphatic carbocycles. The van der Waals surface area contributed by atoms with Crippen molar-refractivity contribution in [2.75, 3.05) is 18.0 Å². The summed E-state index contributed by atoms with van der Waals surface area (Å²) in [5, 5.41) is 9.24. The Balaban J connectivity index is 1.58. The molecule has 33 heavy (non-hydrogen) atoms. The molecule has 4 rings (SSSR count). The topological polar surface area (TPSA) is 104 Å². The summed E-state index contributed by atoms with van der Waals surface area (Å²) in [5.74, 6) is 0. The van der Waals surface area contributed by atoms with Crippen LogP contribution in [-0.2, 0) is 21.3 Å². The zero-order valence-corrected chi connectivity index (χ0v) is 19.3. The van der Waals surface area contributed by atoms with Gasteiger partial charge in [0.2, 0.25) is 0 Å². The van der Waals surface area contributed by atoms with Crippen LogP contribution in [0.3, 0.4) is 0 Å². The largest absolute Gasteiger partial charge is 0.370 e. The van der Waals surface area contributed by atoms with Gasteiger partial charge >= 0.3 is 0 Å². The Labute approximate surface area is 194 Å². The molecule has 172 valence electrons. The number of morpholine rings is 1. The molecule has 1 fully saturated rings. The monoisotopic (exact) mass is 465 g/mol. The highest BCUT2D eigenvalue weighted by Crippen LogP contribution is 2.32. The Hall–Kier alpha value is -2.99. The molecule has 8 heteroatoms.